The summed E-state index contributed by atoms with van der Waals surface area (Å²) >= 11 is 15.3. The Morgan fingerprint density at radius 2 is 2.10 bits per heavy atom. The van der Waals surface area contributed by atoms with Crippen molar-refractivity contribution in [2.24, 2.45) is 5.73 Å². The number of anilines is 1. The number of aryl methyl sites for hydroxylation is 1. The zero-order valence-electron chi connectivity index (χ0n) is 10.7. The van der Waals surface area contributed by atoms with Crippen LogP contribution in [0.3, 0.4) is 0 Å². The number of benzene rings is 1. The molecule has 0 aliphatic rings. The summed E-state index contributed by atoms with van der Waals surface area (Å²) in [4.78, 5) is 0.198. The van der Waals surface area contributed by atoms with E-state index < -0.39 is 10.0 Å². The molecule has 1 heterocycles. The van der Waals surface area contributed by atoms with Crippen molar-refractivity contribution in [3.8, 4) is 0 Å². The van der Waals surface area contributed by atoms with Crippen LogP contribution in [0.15, 0.2) is 32.3 Å². The van der Waals surface area contributed by atoms with Crippen molar-refractivity contribution in [2.45, 2.75) is 11.1 Å². The lowest BCUT2D eigenvalue weighted by molar-refractivity contribution is 0.603. The van der Waals surface area contributed by atoms with Gasteiger partial charge in [0.2, 0.25) is 0 Å². The van der Waals surface area contributed by atoms with Gasteiger partial charge in [0.25, 0.3) is 10.0 Å². The lowest BCUT2D eigenvalue weighted by Crippen LogP contribution is -2.13. The van der Waals surface area contributed by atoms with Crippen LogP contribution in [0.1, 0.15) is 11.1 Å². The Morgan fingerprint density at radius 3 is 2.57 bits per heavy atom. The highest BCUT2D eigenvalue weighted by molar-refractivity contribution is 9.11. The molecule has 3 N–H and O–H groups in total. The molecule has 0 amide bonds. The average molecular weight is 426 g/mol. The molecule has 1 aromatic heterocycles. The van der Waals surface area contributed by atoms with Crippen molar-refractivity contribution < 1.29 is 8.42 Å². The summed E-state index contributed by atoms with van der Waals surface area (Å²) in [6.07, 6.45) is 0. The number of hydrogen-bond donors (Lipinski definition) is 2. The zero-order valence-corrected chi connectivity index (χ0v) is 15.5. The van der Waals surface area contributed by atoms with Crippen LogP contribution in [-0.2, 0) is 10.0 Å². The zero-order chi connectivity index (χ0) is 15.8. The summed E-state index contributed by atoms with van der Waals surface area (Å²) in [6.45, 7) is 1.82. The number of nitrogens with one attached hydrogen (secondary N) is 1. The van der Waals surface area contributed by atoms with E-state index in [2.05, 4.69) is 20.7 Å². The Kier molecular flexibility index (Phi) is 4.94. The number of rotatable bonds is 4. The van der Waals surface area contributed by atoms with Crippen LogP contribution in [0.4, 0.5) is 5.69 Å². The fraction of sp³-hybridized carbons (Fsp3) is 0.0833. The molecule has 0 saturated heterocycles. The number of halogens is 2. The van der Waals surface area contributed by atoms with E-state index in [0.717, 1.165) is 20.7 Å². The van der Waals surface area contributed by atoms with Gasteiger partial charge < -0.3 is 5.73 Å². The van der Waals surface area contributed by atoms with Crippen LogP contribution in [0.5, 0.6) is 0 Å². The van der Waals surface area contributed by atoms with Crippen molar-refractivity contribution in [1.82, 2.24) is 0 Å². The maximum atomic E-state index is 12.3. The number of thiophene rings is 1. The van der Waals surface area contributed by atoms with E-state index in [4.69, 9.17) is 29.6 Å². The Balaban J connectivity index is 2.35. The fourth-order valence-electron chi connectivity index (χ4n) is 1.51. The van der Waals surface area contributed by atoms with Gasteiger partial charge >= 0.3 is 0 Å². The topological polar surface area (TPSA) is 72.2 Å². The van der Waals surface area contributed by atoms with Gasteiger partial charge in [0, 0.05) is 5.56 Å². The second-order valence-electron chi connectivity index (χ2n) is 4.19. The number of sulfonamides is 1. The van der Waals surface area contributed by atoms with Crippen LogP contribution >= 0.6 is 51.1 Å². The Bertz CT molecular complexity index is 798. The number of nitrogens with two attached hydrogens (primary N) is 1. The number of thiocarbonyl (C=S) groups is 1. The summed E-state index contributed by atoms with van der Waals surface area (Å²) in [5.41, 5.74) is 7.21. The van der Waals surface area contributed by atoms with Crippen LogP contribution < -0.4 is 10.5 Å². The van der Waals surface area contributed by atoms with Gasteiger partial charge in [-0.05, 0) is 52.7 Å². The third kappa shape index (κ3) is 3.75. The van der Waals surface area contributed by atoms with E-state index in [1.807, 2.05) is 6.92 Å². The molecule has 0 atom stereocenters. The minimum absolute atomic E-state index is 0.198. The van der Waals surface area contributed by atoms with Gasteiger partial charge in [-0.1, -0.05) is 23.8 Å². The molecular formula is C12H10BrClN2O2S3. The minimum atomic E-state index is -3.68. The van der Waals surface area contributed by atoms with Crippen molar-refractivity contribution in [1.29, 1.82) is 0 Å². The second-order valence-corrected chi connectivity index (χ2v) is 9.31. The van der Waals surface area contributed by atoms with Crippen molar-refractivity contribution in [3.05, 3.63) is 44.2 Å². The lowest BCUT2D eigenvalue weighted by Gasteiger charge is -2.09. The molecule has 0 radical (unpaired) electrons. The van der Waals surface area contributed by atoms with Gasteiger partial charge in [-0.3, -0.25) is 4.72 Å². The molecular weight excluding hydrogens is 416 g/mol. The highest BCUT2D eigenvalue weighted by atomic mass is 79.9. The van der Waals surface area contributed by atoms with Crippen LogP contribution in [0, 0.1) is 6.92 Å². The molecule has 0 fully saturated rings. The molecule has 0 aliphatic heterocycles. The van der Waals surface area contributed by atoms with E-state index >= 15 is 0 Å². The highest BCUT2D eigenvalue weighted by Crippen LogP contribution is 2.33. The van der Waals surface area contributed by atoms with Crippen LogP contribution in [0.25, 0.3) is 0 Å². The van der Waals surface area contributed by atoms with Gasteiger partial charge in [-0.15, -0.1) is 11.3 Å². The SMILES string of the molecule is Cc1cc(S(=O)(=O)Nc2ccc(C(N)=S)cc2Cl)sc1Br. The van der Waals surface area contributed by atoms with Crippen molar-refractivity contribution >= 4 is 71.8 Å². The average Bonchev–Trinajstić information content (AvgIpc) is 2.72. The highest BCUT2D eigenvalue weighted by Gasteiger charge is 2.19. The summed E-state index contributed by atoms with van der Waals surface area (Å²) in [5, 5.41) is 0.233. The Morgan fingerprint density at radius 1 is 1.43 bits per heavy atom. The quantitative estimate of drug-likeness (QED) is 0.729. The monoisotopic (exact) mass is 424 g/mol. The molecule has 0 spiro atoms. The lowest BCUT2D eigenvalue weighted by atomic mass is 10.2. The smallest absolute Gasteiger partial charge is 0.271 e. The van der Waals surface area contributed by atoms with Gasteiger partial charge in [-0.25, -0.2) is 8.42 Å². The van der Waals surface area contributed by atoms with Gasteiger partial charge in [0.1, 0.15) is 9.20 Å². The first kappa shape index (κ1) is 16.7. The molecule has 0 unspecified atom stereocenters. The van der Waals surface area contributed by atoms with Crippen LogP contribution in [0.2, 0.25) is 5.02 Å². The van der Waals surface area contributed by atoms with Gasteiger partial charge in [0.15, 0.2) is 0 Å². The first-order valence-electron chi connectivity index (χ1n) is 5.59. The third-order valence-electron chi connectivity index (χ3n) is 2.60. The molecule has 1 aromatic carbocycles. The molecule has 2 aromatic rings. The van der Waals surface area contributed by atoms with E-state index in [1.54, 1.807) is 12.1 Å². The first-order chi connectivity index (χ1) is 9.70. The standard InChI is InChI=1S/C12H10BrClN2O2S3/c1-6-4-10(20-11(6)13)21(17,18)16-9-3-2-7(12(15)19)5-8(9)14/h2-5,16H,1H3,(H2,15,19). The molecule has 4 nitrogen and oxygen atoms in total. The van der Waals surface area contributed by atoms with E-state index in [1.165, 1.54) is 12.1 Å². The molecule has 21 heavy (non-hydrogen) atoms. The molecule has 9 heteroatoms. The van der Waals surface area contributed by atoms with Gasteiger partial charge in [0.05, 0.1) is 14.5 Å². The van der Waals surface area contributed by atoms with E-state index in [9.17, 15) is 8.42 Å². The molecule has 0 bridgehead atoms. The summed E-state index contributed by atoms with van der Waals surface area (Å²) < 4.78 is 28.1. The third-order valence-corrected chi connectivity index (χ3v) is 7.12. The summed E-state index contributed by atoms with van der Waals surface area (Å²) in [6, 6.07) is 6.26. The first-order valence-corrected chi connectivity index (χ1v) is 9.46. The largest absolute Gasteiger partial charge is 0.389 e. The van der Waals surface area contributed by atoms with Crippen molar-refractivity contribution in [2.75, 3.05) is 4.72 Å². The van der Waals surface area contributed by atoms with Crippen LogP contribution in [-0.4, -0.2) is 13.4 Å². The minimum Gasteiger partial charge on any atom is -0.389 e. The maximum Gasteiger partial charge on any atom is 0.271 e. The Labute approximate surface area is 145 Å². The normalized spacial score (nSPS) is 11.4. The second kappa shape index (κ2) is 6.21. The van der Waals surface area contributed by atoms with E-state index in [-0.39, 0.29) is 19.9 Å². The predicted octanol–water partition coefficient (Wildman–Crippen LogP) is 3.91. The molecule has 0 saturated carbocycles. The predicted molar refractivity (Wildman–Crippen MR) is 94.9 cm³/mol. The van der Waals surface area contributed by atoms with E-state index in [0.29, 0.717) is 5.56 Å². The summed E-state index contributed by atoms with van der Waals surface area (Å²) in [5.74, 6) is 0. The number of hydrogen-bond acceptors (Lipinski definition) is 4. The fourth-order valence-corrected chi connectivity index (χ4v) is 5.23. The van der Waals surface area contributed by atoms with Gasteiger partial charge in [-0.2, -0.15) is 0 Å². The Hall–Kier alpha value is -0.670. The van der Waals surface area contributed by atoms with Crippen molar-refractivity contribution in [3.63, 3.8) is 0 Å². The summed E-state index contributed by atoms with van der Waals surface area (Å²) in [7, 11) is -3.68. The maximum absolute atomic E-state index is 12.3. The molecule has 112 valence electrons. The molecule has 0 aliphatic carbocycles. The molecule has 2 rings (SSSR count).